The fraction of sp³-hybridized carbons (Fsp3) is 0.333. The quantitative estimate of drug-likeness (QED) is 0.890. The number of thiophene rings is 1. The summed E-state index contributed by atoms with van der Waals surface area (Å²) in [5, 5.41) is 13.0. The average molecular weight is 307 g/mol. The molecule has 1 heterocycles. The van der Waals surface area contributed by atoms with Crippen molar-refractivity contribution in [3.8, 4) is 0 Å². The summed E-state index contributed by atoms with van der Waals surface area (Å²) < 4.78 is 0.973. The van der Waals surface area contributed by atoms with Crippen LogP contribution < -0.4 is 5.32 Å². The van der Waals surface area contributed by atoms with Crippen LogP contribution in [-0.2, 0) is 11.3 Å². The molecule has 2 N–H and O–H groups in total. The number of carboxylic acid groups (broad SMARTS) is 1. The van der Waals surface area contributed by atoms with Crippen LogP contribution in [0.2, 0.25) is 0 Å². The minimum absolute atomic E-state index is 0.306. The average Bonchev–Trinajstić information content (AvgIpc) is 2.59. The first kappa shape index (κ1) is 13.0. The Bertz CT molecular complexity index is 394. The summed E-state index contributed by atoms with van der Waals surface area (Å²) in [7, 11) is 1.44. The minimum atomic E-state index is -1.03. The van der Waals surface area contributed by atoms with Crippen LogP contribution in [0.5, 0.6) is 0 Å². The summed E-state index contributed by atoms with van der Waals surface area (Å²) in [6, 6.07) is 1.51. The number of hydrogen-bond donors (Lipinski definition) is 2. The number of rotatable bonds is 4. The van der Waals surface area contributed by atoms with Gasteiger partial charge in [0.05, 0.1) is 6.54 Å². The maximum atomic E-state index is 11.4. The first-order valence-electron chi connectivity index (χ1n) is 4.42. The summed E-state index contributed by atoms with van der Waals surface area (Å²) in [5.74, 6) is -1.03. The second-order valence-corrected chi connectivity index (χ2v) is 5.05. The number of halogens is 1. The van der Waals surface area contributed by atoms with E-state index in [1.165, 1.54) is 18.4 Å². The second kappa shape index (κ2) is 5.86. The third kappa shape index (κ3) is 4.19. The van der Waals surface area contributed by atoms with Crippen LogP contribution in [0, 0.1) is 0 Å². The van der Waals surface area contributed by atoms with Gasteiger partial charge < -0.3 is 15.3 Å². The summed E-state index contributed by atoms with van der Waals surface area (Å²) in [4.78, 5) is 23.9. The lowest BCUT2D eigenvalue weighted by molar-refractivity contribution is -0.137. The lowest BCUT2D eigenvalue weighted by atomic mass is 10.4. The zero-order chi connectivity index (χ0) is 12.1. The van der Waals surface area contributed by atoms with Gasteiger partial charge in [0.15, 0.2) is 0 Å². The number of nitrogens with zero attached hydrogens (tertiary/aromatic N) is 1. The molecule has 1 aromatic heterocycles. The van der Waals surface area contributed by atoms with Crippen molar-refractivity contribution in [3.05, 3.63) is 20.8 Å². The fourth-order valence-electron chi connectivity index (χ4n) is 1.02. The number of nitrogens with one attached hydrogen (secondary N) is 1. The lowest BCUT2D eigenvalue weighted by Crippen LogP contribution is -2.39. The Morgan fingerprint density at radius 3 is 2.81 bits per heavy atom. The predicted molar refractivity (Wildman–Crippen MR) is 64.5 cm³/mol. The van der Waals surface area contributed by atoms with E-state index in [-0.39, 0.29) is 6.54 Å². The number of hydrogen-bond acceptors (Lipinski definition) is 3. The van der Waals surface area contributed by atoms with Gasteiger partial charge in [-0.15, -0.1) is 11.3 Å². The van der Waals surface area contributed by atoms with Crippen molar-refractivity contribution in [2.45, 2.75) is 6.54 Å². The van der Waals surface area contributed by atoms with Crippen LogP contribution in [0.25, 0.3) is 0 Å². The van der Waals surface area contributed by atoms with E-state index in [4.69, 9.17) is 5.11 Å². The monoisotopic (exact) mass is 306 g/mol. The highest BCUT2D eigenvalue weighted by atomic mass is 79.9. The Hall–Kier alpha value is -1.08. The predicted octanol–water partition coefficient (Wildman–Crippen LogP) is 1.74. The molecule has 0 spiro atoms. The van der Waals surface area contributed by atoms with Crippen molar-refractivity contribution in [2.75, 3.05) is 13.6 Å². The van der Waals surface area contributed by atoms with Gasteiger partial charge in [0.1, 0.15) is 6.54 Å². The van der Waals surface area contributed by atoms with Crippen LogP contribution in [-0.4, -0.2) is 35.6 Å². The Morgan fingerprint density at radius 2 is 2.31 bits per heavy atom. The molecule has 0 fully saturated rings. The molecule has 16 heavy (non-hydrogen) atoms. The zero-order valence-corrected chi connectivity index (χ0v) is 11.0. The van der Waals surface area contributed by atoms with Gasteiger partial charge in [0.2, 0.25) is 0 Å². The molecule has 2 amide bonds. The van der Waals surface area contributed by atoms with Gasteiger partial charge in [-0.3, -0.25) is 4.79 Å². The summed E-state index contributed by atoms with van der Waals surface area (Å²) >= 11 is 4.83. The van der Waals surface area contributed by atoms with E-state index in [0.29, 0.717) is 6.54 Å². The molecule has 1 rings (SSSR count). The van der Waals surface area contributed by atoms with Crippen LogP contribution in [0.15, 0.2) is 15.9 Å². The zero-order valence-electron chi connectivity index (χ0n) is 8.57. The van der Waals surface area contributed by atoms with Gasteiger partial charge in [-0.1, -0.05) is 0 Å². The standard InChI is InChI=1S/C9H11BrN2O3S/c1-12(4-8(13)14)9(15)11-3-7-2-6(10)5-16-7/h2,5H,3-4H2,1H3,(H,11,15)(H,13,14). The molecule has 0 aliphatic heterocycles. The van der Waals surface area contributed by atoms with Gasteiger partial charge in [-0.25, -0.2) is 4.79 Å². The van der Waals surface area contributed by atoms with Gasteiger partial charge >= 0.3 is 12.0 Å². The molecule has 0 saturated carbocycles. The highest BCUT2D eigenvalue weighted by Crippen LogP contribution is 2.19. The largest absolute Gasteiger partial charge is 0.480 e. The number of carbonyl (C=O) groups excluding carboxylic acids is 1. The highest BCUT2D eigenvalue weighted by Gasteiger charge is 2.11. The van der Waals surface area contributed by atoms with Crippen molar-refractivity contribution in [2.24, 2.45) is 0 Å². The maximum absolute atomic E-state index is 11.4. The van der Waals surface area contributed by atoms with E-state index in [0.717, 1.165) is 14.2 Å². The molecule has 0 bridgehead atoms. The van der Waals surface area contributed by atoms with Gasteiger partial charge in [0.25, 0.3) is 0 Å². The van der Waals surface area contributed by atoms with E-state index in [1.807, 2.05) is 11.4 Å². The molecular weight excluding hydrogens is 296 g/mol. The minimum Gasteiger partial charge on any atom is -0.480 e. The van der Waals surface area contributed by atoms with Crippen molar-refractivity contribution >= 4 is 39.3 Å². The van der Waals surface area contributed by atoms with Crippen molar-refractivity contribution < 1.29 is 14.7 Å². The van der Waals surface area contributed by atoms with Crippen LogP contribution in [0.4, 0.5) is 4.79 Å². The number of carboxylic acids is 1. The molecule has 0 saturated heterocycles. The summed E-state index contributed by atoms with van der Waals surface area (Å²) in [6.45, 7) is 0.0963. The van der Waals surface area contributed by atoms with Crippen LogP contribution >= 0.6 is 27.3 Å². The first-order chi connectivity index (χ1) is 7.49. The molecular formula is C9H11BrN2O3S. The van der Waals surface area contributed by atoms with E-state index < -0.39 is 12.0 Å². The molecule has 7 heteroatoms. The van der Waals surface area contributed by atoms with E-state index in [9.17, 15) is 9.59 Å². The van der Waals surface area contributed by atoms with Crippen molar-refractivity contribution in [1.82, 2.24) is 10.2 Å². The molecule has 0 aliphatic carbocycles. The molecule has 5 nitrogen and oxygen atoms in total. The van der Waals surface area contributed by atoms with Crippen molar-refractivity contribution in [3.63, 3.8) is 0 Å². The molecule has 0 atom stereocenters. The lowest BCUT2D eigenvalue weighted by Gasteiger charge is -2.14. The van der Waals surface area contributed by atoms with Gasteiger partial charge in [0, 0.05) is 21.8 Å². The number of aliphatic carboxylic acids is 1. The Morgan fingerprint density at radius 1 is 1.62 bits per heavy atom. The van der Waals surface area contributed by atoms with Gasteiger partial charge in [-0.05, 0) is 22.0 Å². The Labute approximate surface area is 105 Å². The topological polar surface area (TPSA) is 69.6 Å². The second-order valence-electron chi connectivity index (χ2n) is 3.14. The van der Waals surface area contributed by atoms with E-state index in [1.54, 1.807) is 0 Å². The highest BCUT2D eigenvalue weighted by molar-refractivity contribution is 9.10. The molecule has 0 aliphatic rings. The van der Waals surface area contributed by atoms with Crippen molar-refractivity contribution in [1.29, 1.82) is 0 Å². The smallest absolute Gasteiger partial charge is 0.323 e. The third-order valence-corrected chi connectivity index (χ3v) is 3.45. The first-order valence-corrected chi connectivity index (χ1v) is 6.10. The SMILES string of the molecule is CN(CC(=O)O)C(=O)NCc1cc(Br)cs1. The maximum Gasteiger partial charge on any atom is 0.323 e. The fourth-order valence-corrected chi connectivity index (χ4v) is 2.41. The van der Waals surface area contributed by atoms with Crippen LogP contribution in [0.3, 0.4) is 0 Å². The Kier molecular flexibility index (Phi) is 4.75. The number of urea groups is 1. The number of carbonyl (C=O) groups is 2. The van der Waals surface area contributed by atoms with E-state index in [2.05, 4.69) is 21.2 Å². The molecule has 88 valence electrons. The molecule has 0 unspecified atom stereocenters. The number of amides is 2. The Balaban J connectivity index is 2.37. The van der Waals surface area contributed by atoms with Gasteiger partial charge in [-0.2, -0.15) is 0 Å². The molecule has 0 radical (unpaired) electrons. The van der Waals surface area contributed by atoms with E-state index >= 15 is 0 Å². The summed E-state index contributed by atoms with van der Waals surface area (Å²) in [6.07, 6.45) is 0. The van der Waals surface area contributed by atoms with Crippen LogP contribution in [0.1, 0.15) is 4.88 Å². The normalized spacial score (nSPS) is 9.88. The third-order valence-electron chi connectivity index (χ3n) is 1.75. The molecule has 1 aromatic rings. The number of likely N-dealkylation sites (N-methyl/N-ethyl adjacent to an activating group) is 1. The molecule has 0 aromatic carbocycles. The summed E-state index contributed by atoms with van der Waals surface area (Å²) in [5.41, 5.74) is 0.